The van der Waals surface area contributed by atoms with Gasteiger partial charge in [-0.25, -0.2) is 13.8 Å². The molecule has 5 nitrogen and oxygen atoms in total. The molecule has 0 unspecified atom stereocenters. The topological polar surface area (TPSA) is 67.2 Å². The molecule has 25 heavy (non-hydrogen) atoms. The maximum absolute atomic E-state index is 14.2. The molecule has 1 saturated carbocycles. The summed E-state index contributed by atoms with van der Waals surface area (Å²) in [4.78, 5) is 16.6. The lowest BCUT2D eigenvalue weighted by Gasteiger charge is -2.38. The lowest BCUT2D eigenvalue weighted by Crippen LogP contribution is -2.42. The summed E-state index contributed by atoms with van der Waals surface area (Å²) in [5.41, 5.74) is 0.244. The first-order chi connectivity index (χ1) is 12.0. The second-order valence-electron chi connectivity index (χ2n) is 6.42. The number of carbonyl (C=O) groups is 1. The summed E-state index contributed by atoms with van der Waals surface area (Å²) < 4.78 is 29.1. The van der Waals surface area contributed by atoms with Crippen molar-refractivity contribution in [2.75, 3.05) is 0 Å². The van der Waals surface area contributed by atoms with Crippen LogP contribution in [0.3, 0.4) is 0 Å². The van der Waals surface area contributed by atoms with Gasteiger partial charge in [-0.1, -0.05) is 13.0 Å². The predicted molar refractivity (Wildman–Crippen MR) is 87.6 cm³/mol. The van der Waals surface area contributed by atoms with Crippen LogP contribution in [0.4, 0.5) is 8.78 Å². The molecule has 2 aromatic rings. The average Bonchev–Trinajstić information content (AvgIpc) is 2.97. The predicted octanol–water partition coefficient (Wildman–Crippen LogP) is 2.35. The first kappa shape index (κ1) is 17.5. The average molecular weight is 349 g/mol. The van der Waals surface area contributed by atoms with Gasteiger partial charge in [0.15, 0.2) is 0 Å². The van der Waals surface area contributed by atoms with E-state index in [1.54, 1.807) is 17.0 Å². The first-order valence-electron chi connectivity index (χ1n) is 8.40. The van der Waals surface area contributed by atoms with Crippen molar-refractivity contribution in [2.24, 2.45) is 5.92 Å². The number of halogens is 2. The summed E-state index contributed by atoms with van der Waals surface area (Å²) in [6.45, 7) is 2.03. The first-order valence-corrected chi connectivity index (χ1v) is 8.40. The Labute approximate surface area is 144 Å². The van der Waals surface area contributed by atoms with Crippen molar-refractivity contribution in [3.8, 4) is 0 Å². The number of carbonyl (C=O) groups excluding carboxylic acids is 1. The molecule has 0 spiro atoms. The van der Waals surface area contributed by atoms with Crippen molar-refractivity contribution in [3.63, 3.8) is 0 Å². The maximum Gasteiger partial charge on any atom is 0.240 e. The molecule has 1 heterocycles. The van der Waals surface area contributed by atoms with E-state index in [0.29, 0.717) is 19.3 Å². The number of aliphatic hydroxyl groups excluding tert-OH is 1. The Morgan fingerprint density at radius 2 is 2.20 bits per heavy atom. The molecular formula is C18H21F2N3O2. The number of amides is 1. The lowest BCUT2D eigenvalue weighted by molar-refractivity contribution is -0.123. The fourth-order valence-electron chi connectivity index (χ4n) is 3.28. The number of benzene rings is 1. The third-order valence-corrected chi connectivity index (χ3v) is 4.67. The van der Waals surface area contributed by atoms with E-state index in [9.17, 15) is 18.7 Å². The zero-order chi connectivity index (χ0) is 18.0. The van der Waals surface area contributed by atoms with Crippen LogP contribution in [0, 0.1) is 17.6 Å². The molecule has 7 heteroatoms. The quantitative estimate of drug-likeness (QED) is 0.841. The molecule has 1 amide bonds. The van der Waals surface area contributed by atoms with Gasteiger partial charge in [-0.3, -0.25) is 4.79 Å². The molecule has 0 bridgehead atoms. The number of nitrogens with one attached hydrogen (secondary N) is 1. The largest absolute Gasteiger partial charge is 0.393 e. The highest BCUT2D eigenvalue weighted by molar-refractivity contribution is 5.76. The third kappa shape index (κ3) is 3.87. The highest BCUT2D eigenvalue weighted by atomic mass is 19.1. The lowest BCUT2D eigenvalue weighted by atomic mass is 9.75. The van der Waals surface area contributed by atoms with Crippen LogP contribution in [0.15, 0.2) is 30.6 Å². The number of aliphatic hydroxyl groups is 1. The molecule has 0 aliphatic heterocycles. The number of aromatic nitrogens is 2. The van der Waals surface area contributed by atoms with Crippen molar-refractivity contribution in [1.82, 2.24) is 14.9 Å². The molecule has 3 rings (SSSR count). The number of hydrogen-bond donors (Lipinski definition) is 2. The Morgan fingerprint density at radius 1 is 1.44 bits per heavy atom. The minimum atomic E-state index is -0.691. The van der Waals surface area contributed by atoms with Crippen LogP contribution in [0.5, 0.6) is 0 Å². The van der Waals surface area contributed by atoms with Crippen molar-refractivity contribution in [2.45, 2.75) is 44.9 Å². The van der Waals surface area contributed by atoms with Gasteiger partial charge in [-0.15, -0.1) is 0 Å². The van der Waals surface area contributed by atoms with E-state index >= 15 is 0 Å². The number of hydrogen-bond acceptors (Lipinski definition) is 3. The summed E-state index contributed by atoms with van der Waals surface area (Å²) in [5, 5.41) is 12.4. The van der Waals surface area contributed by atoms with E-state index in [-0.39, 0.29) is 23.9 Å². The minimum absolute atomic E-state index is 0.0765. The van der Waals surface area contributed by atoms with Gasteiger partial charge in [-0.05, 0) is 24.8 Å². The van der Waals surface area contributed by atoms with Gasteiger partial charge in [0.25, 0.3) is 0 Å². The number of rotatable bonds is 6. The molecular weight excluding hydrogens is 328 g/mol. The minimum Gasteiger partial charge on any atom is -0.393 e. The van der Waals surface area contributed by atoms with Crippen molar-refractivity contribution in [1.29, 1.82) is 0 Å². The van der Waals surface area contributed by atoms with E-state index in [2.05, 4.69) is 10.3 Å². The van der Waals surface area contributed by atoms with Gasteiger partial charge in [0.1, 0.15) is 24.0 Å². The number of aryl methyl sites for hydroxylation is 1. The zero-order valence-electron chi connectivity index (χ0n) is 14.0. The molecule has 1 aliphatic rings. The van der Waals surface area contributed by atoms with Crippen LogP contribution in [0.25, 0.3) is 0 Å². The summed E-state index contributed by atoms with van der Waals surface area (Å²) in [6, 6.07) is 2.76. The van der Waals surface area contributed by atoms with Crippen molar-refractivity contribution >= 4 is 5.91 Å². The van der Waals surface area contributed by atoms with Gasteiger partial charge in [0.2, 0.25) is 5.91 Å². The Bertz CT molecular complexity index is 757. The van der Waals surface area contributed by atoms with Gasteiger partial charge < -0.3 is 15.0 Å². The summed E-state index contributed by atoms with van der Waals surface area (Å²) in [7, 11) is 0. The second kappa shape index (κ2) is 7.31. The molecule has 1 aliphatic carbocycles. The molecule has 0 radical (unpaired) electrons. The Balaban J connectivity index is 1.77. The normalized spacial score (nSPS) is 20.8. The highest BCUT2D eigenvalue weighted by Gasteiger charge is 2.36. The maximum atomic E-state index is 14.2. The Morgan fingerprint density at radius 3 is 2.84 bits per heavy atom. The summed E-state index contributed by atoms with van der Waals surface area (Å²) in [5.74, 6) is -0.913. The number of nitrogens with zero attached hydrogens (tertiary/aromatic N) is 2. The van der Waals surface area contributed by atoms with Crippen LogP contribution in [-0.4, -0.2) is 26.7 Å². The van der Waals surface area contributed by atoms with Crippen LogP contribution < -0.4 is 5.32 Å². The number of imidazole rings is 1. The van der Waals surface area contributed by atoms with E-state index in [0.717, 1.165) is 11.9 Å². The van der Waals surface area contributed by atoms with E-state index in [4.69, 9.17) is 0 Å². The van der Waals surface area contributed by atoms with Gasteiger partial charge in [-0.2, -0.15) is 0 Å². The summed E-state index contributed by atoms with van der Waals surface area (Å²) >= 11 is 0. The monoisotopic (exact) mass is 349 g/mol. The van der Waals surface area contributed by atoms with Crippen LogP contribution in [0.2, 0.25) is 0 Å². The van der Waals surface area contributed by atoms with Gasteiger partial charge >= 0.3 is 0 Å². The molecule has 134 valence electrons. The van der Waals surface area contributed by atoms with E-state index < -0.39 is 23.8 Å². The molecule has 1 fully saturated rings. The van der Waals surface area contributed by atoms with Crippen LogP contribution >= 0.6 is 0 Å². The summed E-state index contributed by atoms with van der Waals surface area (Å²) in [6.07, 6.45) is 4.57. The van der Waals surface area contributed by atoms with Crippen LogP contribution in [0.1, 0.15) is 37.2 Å². The third-order valence-electron chi connectivity index (χ3n) is 4.67. The standard InChI is InChI=1S/C18H21F2N3O2/c1-2-16-21-5-6-23(16)10-17(25)22-18(11-7-13(24)8-11)14-4-3-12(19)9-15(14)20/h3-6,9,11,13,18,24H,2,7-8,10H2,1H3,(H,22,25)/t11?,13?,18-/m0/s1. The van der Waals surface area contributed by atoms with Gasteiger partial charge in [0.05, 0.1) is 12.1 Å². The Kier molecular flexibility index (Phi) is 5.13. The van der Waals surface area contributed by atoms with Crippen molar-refractivity contribution in [3.05, 3.63) is 53.6 Å². The molecule has 2 N–H and O–H groups in total. The van der Waals surface area contributed by atoms with E-state index in [1.165, 1.54) is 12.1 Å². The molecule has 1 atom stereocenters. The van der Waals surface area contributed by atoms with Crippen LogP contribution in [-0.2, 0) is 17.8 Å². The SMILES string of the molecule is CCc1nccn1CC(=O)N[C@H](c1ccc(F)cc1F)C1CC(O)C1. The Hall–Kier alpha value is -2.28. The van der Waals surface area contributed by atoms with Gasteiger partial charge in [0, 0.05) is 30.4 Å². The van der Waals surface area contributed by atoms with Crippen molar-refractivity contribution < 1.29 is 18.7 Å². The van der Waals surface area contributed by atoms with E-state index in [1.807, 2.05) is 6.92 Å². The molecule has 1 aromatic carbocycles. The zero-order valence-corrected chi connectivity index (χ0v) is 14.0. The fraction of sp³-hybridized carbons (Fsp3) is 0.444. The molecule has 1 aromatic heterocycles. The molecule has 0 saturated heterocycles. The smallest absolute Gasteiger partial charge is 0.240 e. The fourth-order valence-corrected chi connectivity index (χ4v) is 3.28. The second-order valence-corrected chi connectivity index (χ2v) is 6.42. The highest BCUT2D eigenvalue weighted by Crippen LogP contribution is 2.39.